The third-order valence-electron chi connectivity index (χ3n) is 3.08. The Morgan fingerprint density at radius 3 is 2.68 bits per heavy atom. The molecule has 1 aromatic heterocycles. The van der Waals surface area contributed by atoms with E-state index in [0.717, 1.165) is 0 Å². The van der Waals surface area contributed by atoms with E-state index in [1.54, 1.807) is 36.7 Å². The first-order valence-electron chi connectivity index (χ1n) is 6.99. The summed E-state index contributed by atoms with van der Waals surface area (Å²) >= 11 is 3.21. The number of carbonyl (C=O) groups is 1. The number of pyridine rings is 1. The Balaban J connectivity index is 2.34. The number of hydrogen-bond donors (Lipinski definition) is 1. The largest absolute Gasteiger partial charge is 0.493 e. The van der Waals surface area contributed by atoms with Gasteiger partial charge in [-0.2, -0.15) is 0 Å². The maximum absolute atomic E-state index is 12.4. The van der Waals surface area contributed by atoms with Gasteiger partial charge in [0, 0.05) is 18.9 Å². The Kier molecular flexibility index (Phi) is 5.38. The van der Waals surface area contributed by atoms with Gasteiger partial charge in [0.05, 0.1) is 16.6 Å². The first-order valence-corrected chi connectivity index (χ1v) is 7.78. The molecule has 22 heavy (non-hydrogen) atoms. The molecule has 0 fully saturated rings. The lowest BCUT2D eigenvalue weighted by molar-refractivity contribution is 0.102. The standard InChI is InChI=1S/C16H17BrN2O3/c1-3-19-9-12(17)15(20)13(10-19)18-16(21)11-7-5-6-8-14(11)22-4-2/h5-10H,3-4H2,1-2H3,(H,18,21). The minimum Gasteiger partial charge on any atom is -0.493 e. The molecule has 0 radical (unpaired) electrons. The molecular weight excluding hydrogens is 348 g/mol. The van der Waals surface area contributed by atoms with E-state index in [4.69, 9.17) is 4.74 Å². The Morgan fingerprint density at radius 2 is 2.00 bits per heavy atom. The van der Waals surface area contributed by atoms with Crippen LogP contribution in [0.1, 0.15) is 24.2 Å². The van der Waals surface area contributed by atoms with Crippen molar-refractivity contribution in [1.29, 1.82) is 0 Å². The van der Waals surface area contributed by atoms with E-state index in [1.807, 2.05) is 18.4 Å². The van der Waals surface area contributed by atoms with Gasteiger partial charge < -0.3 is 14.6 Å². The third kappa shape index (κ3) is 3.57. The minimum absolute atomic E-state index is 0.229. The molecule has 0 saturated heterocycles. The number of aryl methyl sites for hydroxylation is 1. The molecule has 0 atom stereocenters. The fraction of sp³-hybridized carbons (Fsp3) is 0.250. The van der Waals surface area contributed by atoms with Crippen LogP contribution in [0, 0.1) is 0 Å². The Labute approximate surface area is 137 Å². The van der Waals surface area contributed by atoms with Crippen molar-refractivity contribution in [1.82, 2.24) is 4.57 Å². The lowest BCUT2D eigenvalue weighted by Crippen LogP contribution is -2.21. The third-order valence-corrected chi connectivity index (χ3v) is 3.65. The lowest BCUT2D eigenvalue weighted by atomic mass is 10.2. The van der Waals surface area contributed by atoms with Gasteiger partial charge in [0.15, 0.2) is 0 Å². The fourth-order valence-corrected chi connectivity index (χ4v) is 2.47. The van der Waals surface area contributed by atoms with Crippen LogP contribution in [0.3, 0.4) is 0 Å². The smallest absolute Gasteiger partial charge is 0.259 e. The molecule has 1 aromatic carbocycles. The van der Waals surface area contributed by atoms with E-state index < -0.39 is 0 Å². The molecule has 1 heterocycles. The summed E-state index contributed by atoms with van der Waals surface area (Å²) in [5.74, 6) is 0.121. The van der Waals surface area contributed by atoms with Crippen LogP contribution in [-0.2, 0) is 6.54 Å². The SMILES string of the molecule is CCOc1ccccc1C(=O)Nc1cn(CC)cc(Br)c1=O. The number of nitrogens with zero attached hydrogens (tertiary/aromatic N) is 1. The number of anilines is 1. The van der Waals surface area contributed by atoms with Crippen molar-refractivity contribution in [2.24, 2.45) is 0 Å². The van der Waals surface area contributed by atoms with E-state index in [0.29, 0.717) is 28.9 Å². The number of hydrogen-bond acceptors (Lipinski definition) is 3. The van der Waals surface area contributed by atoms with Crippen molar-refractivity contribution < 1.29 is 9.53 Å². The summed E-state index contributed by atoms with van der Waals surface area (Å²) in [5.41, 5.74) is 0.367. The Morgan fingerprint density at radius 1 is 1.27 bits per heavy atom. The van der Waals surface area contributed by atoms with Crippen LogP contribution in [0.15, 0.2) is 45.9 Å². The van der Waals surface area contributed by atoms with E-state index in [9.17, 15) is 9.59 Å². The Bertz CT molecular complexity index is 740. The summed E-state index contributed by atoms with van der Waals surface area (Å²) < 4.78 is 7.66. The minimum atomic E-state index is -0.373. The van der Waals surface area contributed by atoms with Crippen LogP contribution < -0.4 is 15.5 Å². The number of rotatable bonds is 5. The molecule has 1 amide bonds. The molecule has 0 bridgehead atoms. The van der Waals surface area contributed by atoms with Crippen LogP contribution in [0.4, 0.5) is 5.69 Å². The van der Waals surface area contributed by atoms with Gasteiger partial charge in [0.1, 0.15) is 11.4 Å². The molecule has 0 unspecified atom stereocenters. The maximum Gasteiger partial charge on any atom is 0.259 e. The number of para-hydroxylation sites is 1. The zero-order valence-corrected chi connectivity index (χ0v) is 14.0. The summed E-state index contributed by atoms with van der Waals surface area (Å²) in [5, 5.41) is 2.66. The first-order chi connectivity index (χ1) is 10.6. The topological polar surface area (TPSA) is 60.3 Å². The second kappa shape index (κ2) is 7.26. The van der Waals surface area contributed by atoms with Crippen LogP contribution >= 0.6 is 15.9 Å². The lowest BCUT2D eigenvalue weighted by Gasteiger charge is -2.12. The number of ether oxygens (including phenoxy) is 1. The molecular formula is C16H17BrN2O3. The molecule has 116 valence electrons. The van der Waals surface area contributed by atoms with Crippen molar-refractivity contribution in [3.63, 3.8) is 0 Å². The van der Waals surface area contributed by atoms with Crippen molar-refractivity contribution >= 4 is 27.5 Å². The zero-order valence-electron chi connectivity index (χ0n) is 12.4. The number of amides is 1. The van der Waals surface area contributed by atoms with Gasteiger partial charge in [0.2, 0.25) is 5.43 Å². The molecule has 2 rings (SSSR count). The van der Waals surface area contributed by atoms with Crippen LogP contribution in [-0.4, -0.2) is 17.1 Å². The highest BCUT2D eigenvalue weighted by Crippen LogP contribution is 2.19. The van der Waals surface area contributed by atoms with E-state index in [2.05, 4.69) is 21.2 Å². The molecule has 0 aliphatic rings. The predicted octanol–water partition coefficient (Wildman–Crippen LogP) is 3.28. The highest BCUT2D eigenvalue weighted by atomic mass is 79.9. The molecule has 0 aliphatic heterocycles. The average molecular weight is 365 g/mol. The fourth-order valence-electron chi connectivity index (χ4n) is 1.99. The number of carbonyl (C=O) groups excluding carboxylic acids is 1. The molecule has 0 spiro atoms. The molecule has 5 nitrogen and oxygen atoms in total. The van der Waals surface area contributed by atoms with E-state index in [-0.39, 0.29) is 17.0 Å². The number of halogens is 1. The number of aromatic nitrogens is 1. The number of nitrogens with one attached hydrogen (secondary N) is 1. The van der Waals surface area contributed by atoms with Crippen LogP contribution in [0.5, 0.6) is 5.75 Å². The summed E-state index contributed by atoms with van der Waals surface area (Å²) in [6.07, 6.45) is 3.31. The van der Waals surface area contributed by atoms with Crippen molar-refractivity contribution in [2.45, 2.75) is 20.4 Å². The molecule has 0 aliphatic carbocycles. The normalized spacial score (nSPS) is 10.3. The van der Waals surface area contributed by atoms with Crippen molar-refractivity contribution in [2.75, 3.05) is 11.9 Å². The van der Waals surface area contributed by atoms with E-state index in [1.165, 1.54) is 0 Å². The van der Waals surface area contributed by atoms with Crippen molar-refractivity contribution in [3.8, 4) is 5.75 Å². The molecule has 6 heteroatoms. The molecule has 0 saturated carbocycles. The van der Waals surface area contributed by atoms with Gasteiger partial charge in [-0.05, 0) is 41.9 Å². The van der Waals surface area contributed by atoms with Gasteiger partial charge in [-0.3, -0.25) is 9.59 Å². The summed E-state index contributed by atoms with van der Waals surface area (Å²) in [6.45, 7) is 4.96. The van der Waals surface area contributed by atoms with Crippen LogP contribution in [0.2, 0.25) is 0 Å². The van der Waals surface area contributed by atoms with Crippen molar-refractivity contribution in [3.05, 3.63) is 56.9 Å². The summed E-state index contributed by atoms with van der Waals surface area (Å²) in [7, 11) is 0. The van der Waals surface area contributed by atoms with Gasteiger partial charge in [0.25, 0.3) is 5.91 Å². The second-order valence-corrected chi connectivity index (χ2v) is 5.42. The maximum atomic E-state index is 12.4. The van der Waals surface area contributed by atoms with Gasteiger partial charge in [-0.1, -0.05) is 12.1 Å². The quantitative estimate of drug-likeness (QED) is 0.885. The summed E-state index contributed by atoms with van der Waals surface area (Å²) in [6, 6.07) is 6.94. The molecule has 2 aromatic rings. The predicted molar refractivity (Wildman–Crippen MR) is 89.6 cm³/mol. The Hall–Kier alpha value is -2.08. The highest BCUT2D eigenvalue weighted by molar-refractivity contribution is 9.10. The monoisotopic (exact) mass is 364 g/mol. The van der Waals surface area contributed by atoms with Crippen LogP contribution in [0.25, 0.3) is 0 Å². The van der Waals surface area contributed by atoms with E-state index >= 15 is 0 Å². The van der Waals surface area contributed by atoms with Gasteiger partial charge in [-0.25, -0.2) is 0 Å². The first kappa shape index (κ1) is 16.3. The zero-order chi connectivity index (χ0) is 16.1. The highest BCUT2D eigenvalue weighted by Gasteiger charge is 2.14. The van der Waals surface area contributed by atoms with Gasteiger partial charge >= 0.3 is 0 Å². The average Bonchev–Trinajstić information content (AvgIpc) is 2.52. The summed E-state index contributed by atoms with van der Waals surface area (Å²) in [4.78, 5) is 24.5. The second-order valence-electron chi connectivity index (χ2n) is 4.56. The van der Waals surface area contributed by atoms with Gasteiger partial charge in [-0.15, -0.1) is 0 Å². The number of benzene rings is 1. The molecule has 1 N–H and O–H groups in total.